The predicted molar refractivity (Wildman–Crippen MR) is 52.4 cm³/mol. The molecule has 4 N–H and O–H groups in total. The van der Waals surface area contributed by atoms with Crippen molar-refractivity contribution in [3.05, 3.63) is 23.7 Å². The van der Waals surface area contributed by atoms with Gasteiger partial charge in [0.15, 0.2) is 0 Å². The van der Waals surface area contributed by atoms with Crippen LogP contribution < -0.4 is 11.2 Å². The second kappa shape index (κ2) is 5.29. The molecule has 1 atom stereocenters. The standard InChI is InChI=1S/C9H12N2O5/c1-5(11-15-4-8(10)12)6-2-3-7(16-6)9(13)14/h2-3,5,11H,4H2,1H3,(H2,10,12)(H,13,14). The Balaban J connectivity index is 2.49. The third-order valence-electron chi connectivity index (χ3n) is 1.74. The van der Waals surface area contributed by atoms with Gasteiger partial charge in [0.2, 0.25) is 11.7 Å². The number of carboxylic acid groups (broad SMARTS) is 1. The number of aromatic carboxylic acids is 1. The number of furan rings is 1. The highest BCUT2D eigenvalue weighted by Gasteiger charge is 2.14. The number of hydrogen-bond acceptors (Lipinski definition) is 5. The van der Waals surface area contributed by atoms with E-state index in [-0.39, 0.29) is 18.4 Å². The van der Waals surface area contributed by atoms with E-state index in [1.54, 1.807) is 6.92 Å². The largest absolute Gasteiger partial charge is 0.475 e. The zero-order chi connectivity index (χ0) is 12.1. The van der Waals surface area contributed by atoms with Crippen molar-refractivity contribution in [3.8, 4) is 0 Å². The van der Waals surface area contributed by atoms with Crippen LogP contribution in [0.3, 0.4) is 0 Å². The van der Waals surface area contributed by atoms with Crippen LogP contribution in [0.1, 0.15) is 29.3 Å². The van der Waals surface area contributed by atoms with Crippen molar-refractivity contribution in [2.75, 3.05) is 6.61 Å². The number of carbonyl (C=O) groups is 2. The first-order valence-electron chi connectivity index (χ1n) is 4.49. The Hall–Kier alpha value is -1.86. The second-order valence-corrected chi connectivity index (χ2v) is 3.10. The molecule has 1 rings (SSSR count). The summed E-state index contributed by atoms with van der Waals surface area (Å²) in [5.41, 5.74) is 7.35. The molecule has 0 bridgehead atoms. The van der Waals surface area contributed by atoms with Crippen LogP contribution in [0.2, 0.25) is 0 Å². The van der Waals surface area contributed by atoms with Crippen molar-refractivity contribution < 1.29 is 24.0 Å². The molecule has 1 heterocycles. The monoisotopic (exact) mass is 228 g/mol. The number of hydrogen-bond donors (Lipinski definition) is 3. The number of amides is 1. The van der Waals surface area contributed by atoms with Gasteiger partial charge in [-0.15, -0.1) is 0 Å². The van der Waals surface area contributed by atoms with Gasteiger partial charge in [-0.3, -0.25) is 9.63 Å². The van der Waals surface area contributed by atoms with Gasteiger partial charge in [0.05, 0.1) is 6.04 Å². The highest BCUT2D eigenvalue weighted by molar-refractivity contribution is 5.84. The first kappa shape index (κ1) is 12.2. The van der Waals surface area contributed by atoms with Gasteiger partial charge in [-0.1, -0.05) is 0 Å². The van der Waals surface area contributed by atoms with Crippen molar-refractivity contribution >= 4 is 11.9 Å². The van der Waals surface area contributed by atoms with Crippen LogP contribution in [0.4, 0.5) is 0 Å². The number of primary amides is 1. The van der Waals surface area contributed by atoms with Crippen LogP contribution in [0, 0.1) is 0 Å². The Morgan fingerprint density at radius 3 is 2.81 bits per heavy atom. The molecule has 0 aromatic carbocycles. The van der Waals surface area contributed by atoms with Gasteiger partial charge in [-0.05, 0) is 19.1 Å². The van der Waals surface area contributed by atoms with Gasteiger partial charge in [0.25, 0.3) is 0 Å². The Kier molecular flexibility index (Phi) is 4.03. The lowest BCUT2D eigenvalue weighted by molar-refractivity contribution is -0.126. The van der Waals surface area contributed by atoms with Gasteiger partial charge >= 0.3 is 5.97 Å². The first-order valence-corrected chi connectivity index (χ1v) is 4.49. The first-order chi connectivity index (χ1) is 7.50. The molecule has 7 nitrogen and oxygen atoms in total. The summed E-state index contributed by atoms with van der Waals surface area (Å²) < 4.78 is 5.01. The van der Waals surface area contributed by atoms with Crippen molar-refractivity contribution in [2.24, 2.45) is 5.73 Å². The molecule has 7 heteroatoms. The molecule has 1 aromatic heterocycles. The number of nitrogens with one attached hydrogen (secondary N) is 1. The van der Waals surface area contributed by atoms with Crippen molar-refractivity contribution in [2.45, 2.75) is 13.0 Å². The summed E-state index contributed by atoms with van der Waals surface area (Å²) in [6, 6.07) is 2.46. The van der Waals surface area contributed by atoms with E-state index in [1.165, 1.54) is 12.1 Å². The summed E-state index contributed by atoms with van der Waals surface area (Å²) >= 11 is 0. The maximum absolute atomic E-state index is 10.5. The molecule has 1 unspecified atom stereocenters. The van der Waals surface area contributed by atoms with E-state index in [2.05, 4.69) is 5.48 Å². The topological polar surface area (TPSA) is 115 Å². The zero-order valence-electron chi connectivity index (χ0n) is 8.60. The minimum atomic E-state index is -1.14. The van der Waals surface area contributed by atoms with Gasteiger partial charge in [-0.2, -0.15) is 5.48 Å². The highest BCUT2D eigenvalue weighted by Crippen LogP contribution is 2.15. The highest BCUT2D eigenvalue weighted by atomic mass is 16.6. The van der Waals surface area contributed by atoms with Crippen LogP contribution in [-0.4, -0.2) is 23.6 Å². The molecular weight excluding hydrogens is 216 g/mol. The predicted octanol–water partition coefficient (Wildman–Crippen LogP) is 0.0453. The molecule has 0 aliphatic heterocycles. The molecule has 1 amide bonds. The zero-order valence-corrected chi connectivity index (χ0v) is 8.60. The van der Waals surface area contributed by atoms with Crippen LogP contribution in [0.5, 0.6) is 0 Å². The molecular formula is C9H12N2O5. The quantitative estimate of drug-likeness (QED) is 0.592. The maximum atomic E-state index is 10.5. The lowest BCUT2D eigenvalue weighted by Gasteiger charge is -2.09. The molecule has 16 heavy (non-hydrogen) atoms. The molecule has 0 radical (unpaired) electrons. The van der Waals surface area contributed by atoms with E-state index >= 15 is 0 Å². The summed E-state index contributed by atoms with van der Waals surface area (Å²) in [5, 5.41) is 8.62. The van der Waals surface area contributed by atoms with Gasteiger partial charge < -0.3 is 15.3 Å². The SMILES string of the molecule is CC(NOCC(N)=O)c1ccc(C(=O)O)o1. The second-order valence-electron chi connectivity index (χ2n) is 3.10. The summed E-state index contributed by atoms with van der Waals surface area (Å²) in [4.78, 5) is 25.6. The van der Waals surface area contributed by atoms with E-state index in [0.717, 1.165) is 0 Å². The molecule has 0 saturated carbocycles. The average molecular weight is 228 g/mol. The number of carbonyl (C=O) groups excluding carboxylic acids is 1. The van der Waals surface area contributed by atoms with Crippen LogP contribution in [0.25, 0.3) is 0 Å². The smallest absolute Gasteiger partial charge is 0.371 e. The summed E-state index contributed by atoms with van der Waals surface area (Å²) in [6.07, 6.45) is 0. The molecule has 88 valence electrons. The van der Waals surface area contributed by atoms with E-state index in [9.17, 15) is 9.59 Å². The lowest BCUT2D eigenvalue weighted by atomic mass is 10.3. The van der Waals surface area contributed by atoms with E-state index in [4.69, 9.17) is 20.1 Å². The third kappa shape index (κ3) is 3.37. The molecule has 0 aliphatic carbocycles. The van der Waals surface area contributed by atoms with E-state index in [1.807, 2.05) is 0 Å². The van der Waals surface area contributed by atoms with Gasteiger partial charge in [0.1, 0.15) is 12.4 Å². The maximum Gasteiger partial charge on any atom is 0.371 e. The summed E-state index contributed by atoms with van der Waals surface area (Å²) in [6.45, 7) is 1.42. The molecule has 0 fully saturated rings. The lowest BCUT2D eigenvalue weighted by Crippen LogP contribution is -2.26. The summed E-state index contributed by atoms with van der Waals surface area (Å²) in [7, 11) is 0. The van der Waals surface area contributed by atoms with Gasteiger partial charge in [-0.25, -0.2) is 4.79 Å². The Bertz CT molecular complexity index is 387. The third-order valence-corrected chi connectivity index (χ3v) is 1.74. The van der Waals surface area contributed by atoms with Crippen molar-refractivity contribution in [3.63, 3.8) is 0 Å². The molecule has 0 spiro atoms. The normalized spacial score (nSPS) is 12.3. The fourth-order valence-electron chi connectivity index (χ4n) is 0.996. The summed E-state index contributed by atoms with van der Waals surface area (Å²) in [5.74, 6) is -1.51. The fraction of sp³-hybridized carbons (Fsp3) is 0.333. The number of carboxylic acids is 1. The van der Waals surface area contributed by atoms with Crippen molar-refractivity contribution in [1.29, 1.82) is 0 Å². The van der Waals surface area contributed by atoms with Crippen LogP contribution in [0.15, 0.2) is 16.5 Å². The van der Waals surface area contributed by atoms with Crippen LogP contribution >= 0.6 is 0 Å². The number of nitrogens with two attached hydrogens (primary N) is 1. The Morgan fingerprint density at radius 2 is 2.31 bits per heavy atom. The minimum Gasteiger partial charge on any atom is -0.475 e. The minimum absolute atomic E-state index is 0.154. The fourth-order valence-corrected chi connectivity index (χ4v) is 0.996. The van der Waals surface area contributed by atoms with E-state index in [0.29, 0.717) is 5.76 Å². The van der Waals surface area contributed by atoms with Crippen LogP contribution in [-0.2, 0) is 9.63 Å². The van der Waals surface area contributed by atoms with Crippen molar-refractivity contribution in [1.82, 2.24) is 5.48 Å². The average Bonchev–Trinajstić information content (AvgIpc) is 2.65. The molecule has 1 aromatic rings. The van der Waals surface area contributed by atoms with Gasteiger partial charge in [0, 0.05) is 0 Å². The Morgan fingerprint density at radius 1 is 1.62 bits per heavy atom. The number of rotatable bonds is 6. The molecule has 0 aliphatic rings. The Labute approximate surface area is 91.1 Å². The number of hydroxylamine groups is 1. The van der Waals surface area contributed by atoms with E-state index < -0.39 is 11.9 Å². The molecule has 0 saturated heterocycles.